The van der Waals surface area contributed by atoms with Gasteiger partial charge in [0, 0.05) is 20.1 Å². The fourth-order valence-electron chi connectivity index (χ4n) is 2.41. The van der Waals surface area contributed by atoms with Crippen molar-refractivity contribution in [1.82, 2.24) is 10.2 Å². The largest absolute Gasteiger partial charge is 0.342 e. The lowest BCUT2D eigenvalue weighted by molar-refractivity contribution is -0.139. The predicted octanol–water partition coefficient (Wildman–Crippen LogP) is 1.41. The highest BCUT2D eigenvalue weighted by Crippen LogP contribution is 2.32. The Bertz CT molecular complexity index is 232. The van der Waals surface area contributed by atoms with Crippen LogP contribution in [-0.2, 0) is 4.79 Å². The maximum absolute atomic E-state index is 12.3. The van der Waals surface area contributed by atoms with Crippen LogP contribution in [-0.4, -0.2) is 37.5 Å². The third kappa shape index (κ3) is 2.59. The first kappa shape index (κ1) is 12.2. The van der Waals surface area contributed by atoms with Crippen molar-refractivity contribution in [3.63, 3.8) is 0 Å². The van der Waals surface area contributed by atoms with Gasteiger partial charge in [-0.1, -0.05) is 19.4 Å². The molecular formula is C12H22N2O. The molecule has 0 saturated carbocycles. The molecule has 1 saturated heterocycles. The zero-order chi connectivity index (χ0) is 11.3. The Hall–Kier alpha value is -0.830. The topological polar surface area (TPSA) is 32.3 Å². The molecule has 15 heavy (non-hydrogen) atoms. The molecule has 0 aromatic carbocycles. The molecule has 0 spiro atoms. The normalized spacial score (nSPS) is 25.2. The Kier molecular flexibility index (Phi) is 4.33. The maximum atomic E-state index is 12.3. The van der Waals surface area contributed by atoms with Gasteiger partial charge in [-0.05, 0) is 19.4 Å². The zero-order valence-corrected chi connectivity index (χ0v) is 9.88. The molecule has 86 valence electrons. The highest BCUT2D eigenvalue weighted by Gasteiger charge is 2.41. The summed E-state index contributed by atoms with van der Waals surface area (Å²) in [6.07, 6.45) is 4.80. The first-order chi connectivity index (χ1) is 7.16. The van der Waals surface area contributed by atoms with E-state index in [1.165, 1.54) is 0 Å². The summed E-state index contributed by atoms with van der Waals surface area (Å²) in [7, 11) is 1.86. The summed E-state index contributed by atoms with van der Waals surface area (Å²) < 4.78 is 0. The standard InChI is InChI=1S/C12H22N2O/c1-4-6-12(7-8-13-10-12)11(15)14(3)9-5-2/h5,13H,2,4,6-10H2,1,3H3. The van der Waals surface area contributed by atoms with Crippen molar-refractivity contribution in [2.24, 2.45) is 5.41 Å². The van der Waals surface area contributed by atoms with E-state index >= 15 is 0 Å². The maximum Gasteiger partial charge on any atom is 0.230 e. The van der Waals surface area contributed by atoms with E-state index in [1.807, 2.05) is 7.05 Å². The molecule has 3 heteroatoms. The van der Waals surface area contributed by atoms with Gasteiger partial charge in [0.25, 0.3) is 0 Å². The summed E-state index contributed by atoms with van der Waals surface area (Å²) in [6, 6.07) is 0. The van der Waals surface area contributed by atoms with Gasteiger partial charge in [-0.15, -0.1) is 6.58 Å². The van der Waals surface area contributed by atoms with Crippen molar-refractivity contribution in [2.75, 3.05) is 26.7 Å². The monoisotopic (exact) mass is 210 g/mol. The average molecular weight is 210 g/mol. The number of nitrogens with zero attached hydrogens (tertiary/aromatic N) is 1. The molecule has 0 bridgehead atoms. The molecule has 1 aliphatic rings. The van der Waals surface area contributed by atoms with Crippen molar-refractivity contribution in [3.05, 3.63) is 12.7 Å². The molecule has 1 fully saturated rings. The molecule has 1 amide bonds. The highest BCUT2D eigenvalue weighted by atomic mass is 16.2. The Labute approximate surface area is 92.5 Å². The van der Waals surface area contributed by atoms with Crippen molar-refractivity contribution in [1.29, 1.82) is 0 Å². The lowest BCUT2D eigenvalue weighted by Gasteiger charge is -2.31. The highest BCUT2D eigenvalue weighted by molar-refractivity contribution is 5.83. The number of hydrogen-bond donors (Lipinski definition) is 1. The minimum absolute atomic E-state index is 0.146. The number of nitrogens with one attached hydrogen (secondary N) is 1. The Morgan fingerprint density at radius 3 is 2.87 bits per heavy atom. The first-order valence-corrected chi connectivity index (χ1v) is 5.73. The van der Waals surface area contributed by atoms with Gasteiger partial charge < -0.3 is 10.2 Å². The van der Waals surface area contributed by atoms with Gasteiger partial charge in [0.1, 0.15) is 0 Å². The number of likely N-dealkylation sites (N-methyl/N-ethyl adjacent to an activating group) is 1. The van der Waals surface area contributed by atoms with Gasteiger partial charge in [-0.2, -0.15) is 0 Å². The number of carbonyl (C=O) groups is 1. The smallest absolute Gasteiger partial charge is 0.230 e. The van der Waals surface area contributed by atoms with Crippen LogP contribution in [0.5, 0.6) is 0 Å². The average Bonchev–Trinajstić information content (AvgIpc) is 2.67. The van der Waals surface area contributed by atoms with Crippen molar-refractivity contribution >= 4 is 5.91 Å². The second-order valence-electron chi connectivity index (χ2n) is 4.43. The van der Waals surface area contributed by atoms with E-state index in [-0.39, 0.29) is 11.3 Å². The van der Waals surface area contributed by atoms with Crippen LogP contribution in [0.4, 0.5) is 0 Å². The summed E-state index contributed by atoms with van der Waals surface area (Å²) in [5, 5.41) is 3.30. The van der Waals surface area contributed by atoms with Crippen LogP contribution in [0.1, 0.15) is 26.2 Å². The lowest BCUT2D eigenvalue weighted by atomic mass is 9.81. The van der Waals surface area contributed by atoms with E-state index in [2.05, 4.69) is 18.8 Å². The van der Waals surface area contributed by atoms with Crippen LogP contribution >= 0.6 is 0 Å². The summed E-state index contributed by atoms with van der Waals surface area (Å²) >= 11 is 0. The molecule has 0 aromatic heterocycles. The Morgan fingerprint density at radius 1 is 1.67 bits per heavy atom. The van der Waals surface area contributed by atoms with Gasteiger partial charge in [-0.25, -0.2) is 0 Å². The van der Waals surface area contributed by atoms with Crippen LogP contribution in [0, 0.1) is 5.41 Å². The fourth-order valence-corrected chi connectivity index (χ4v) is 2.41. The number of hydrogen-bond acceptors (Lipinski definition) is 2. The quantitative estimate of drug-likeness (QED) is 0.696. The van der Waals surface area contributed by atoms with Crippen LogP contribution < -0.4 is 5.32 Å². The second-order valence-corrected chi connectivity index (χ2v) is 4.43. The van der Waals surface area contributed by atoms with Crippen LogP contribution in [0.15, 0.2) is 12.7 Å². The molecule has 1 heterocycles. The molecule has 0 aromatic rings. The van der Waals surface area contributed by atoms with E-state index in [4.69, 9.17) is 0 Å². The predicted molar refractivity (Wildman–Crippen MR) is 62.7 cm³/mol. The van der Waals surface area contributed by atoms with Crippen molar-refractivity contribution in [2.45, 2.75) is 26.2 Å². The Balaban J connectivity index is 2.70. The van der Waals surface area contributed by atoms with E-state index in [0.717, 1.165) is 32.4 Å². The summed E-state index contributed by atoms with van der Waals surface area (Å²) in [6.45, 7) is 8.25. The lowest BCUT2D eigenvalue weighted by Crippen LogP contribution is -2.43. The van der Waals surface area contributed by atoms with Gasteiger partial charge in [-0.3, -0.25) is 4.79 Å². The number of carbonyl (C=O) groups excluding carboxylic acids is 1. The van der Waals surface area contributed by atoms with Crippen molar-refractivity contribution in [3.8, 4) is 0 Å². The number of amides is 1. The molecule has 1 rings (SSSR count). The molecule has 1 atom stereocenters. The van der Waals surface area contributed by atoms with E-state index in [1.54, 1.807) is 11.0 Å². The fraction of sp³-hybridized carbons (Fsp3) is 0.750. The molecule has 1 aliphatic heterocycles. The number of rotatable bonds is 5. The summed E-state index contributed by atoms with van der Waals surface area (Å²) in [5.74, 6) is 0.272. The molecule has 1 N–H and O–H groups in total. The molecule has 1 unspecified atom stereocenters. The van der Waals surface area contributed by atoms with Gasteiger partial charge in [0.15, 0.2) is 0 Å². The third-order valence-corrected chi connectivity index (χ3v) is 3.18. The van der Waals surface area contributed by atoms with E-state index in [9.17, 15) is 4.79 Å². The third-order valence-electron chi connectivity index (χ3n) is 3.18. The van der Waals surface area contributed by atoms with Gasteiger partial charge in [0.05, 0.1) is 5.41 Å². The van der Waals surface area contributed by atoms with Gasteiger partial charge >= 0.3 is 0 Å². The molecular weight excluding hydrogens is 188 g/mol. The first-order valence-electron chi connectivity index (χ1n) is 5.73. The molecule has 0 radical (unpaired) electrons. The van der Waals surface area contributed by atoms with Gasteiger partial charge in [0.2, 0.25) is 5.91 Å². The van der Waals surface area contributed by atoms with Crippen LogP contribution in [0.2, 0.25) is 0 Å². The molecule has 3 nitrogen and oxygen atoms in total. The van der Waals surface area contributed by atoms with Crippen LogP contribution in [0.3, 0.4) is 0 Å². The zero-order valence-electron chi connectivity index (χ0n) is 9.88. The molecule has 0 aliphatic carbocycles. The second kappa shape index (κ2) is 5.31. The minimum atomic E-state index is -0.146. The van der Waals surface area contributed by atoms with E-state index in [0.29, 0.717) is 6.54 Å². The minimum Gasteiger partial charge on any atom is -0.342 e. The summed E-state index contributed by atoms with van der Waals surface area (Å²) in [5.41, 5.74) is -0.146. The Morgan fingerprint density at radius 2 is 2.40 bits per heavy atom. The SMILES string of the molecule is C=CCN(C)C(=O)C1(CCC)CCNC1. The van der Waals surface area contributed by atoms with Crippen molar-refractivity contribution < 1.29 is 4.79 Å². The van der Waals surface area contributed by atoms with E-state index < -0.39 is 0 Å². The van der Waals surface area contributed by atoms with Crippen LogP contribution in [0.25, 0.3) is 0 Å². The summed E-state index contributed by atoms with van der Waals surface area (Å²) in [4.78, 5) is 14.1.